The highest BCUT2D eigenvalue weighted by atomic mass is 16.2. The van der Waals surface area contributed by atoms with Crippen LogP contribution in [0.1, 0.15) is 51.4 Å². The summed E-state index contributed by atoms with van der Waals surface area (Å²) in [4.78, 5) is 18.9. The molecular formula is C19H27N5O. The van der Waals surface area contributed by atoms with Gasteiger partial charge in [0.15, 0.2) is 0 Å². The summed E-state index contributed by atoms with van der Waals surface area (Å²) in [5.41, 5.74) is 1.15. The number of urea groups is 1. The van der Waals surface area contributed by atoms with Crippen LogP contribution in [0.2, 0.25) is 0 Å². The quantitative estimate of drug-likeness (QED) is 0.933. The third-order valence-electron chi connectivity index (χ3n) is 4.90. The van der Waals surface area contributed by atoms with Gasteiger partial charge < -0.3 is 10.2 Å². The van der Waals surface area contributed by atoms with Crippen LogP contribution >= 0.6 is 0 Å². The lowest BCUT2D eigenvalue weighted by atomic mass is 9.93. The van der Waals surface area contributed by atoms with Gasteiger partial charge in [-0.3, -0.25) is 0 Å². The Hall–Kier alpha value is -2.37. The molecule has 6 heteroatoms. The largest absolute Gasteiger partial charge is 0.331 e. The molecule has 6 nitrogen and oxygen atoms in total. The predicted molar refractivity (Wildman–Crippen MR) is 97.2 cm³/mol. The normalized spacial score (nSPS) is 20.7. The summed E-state index contributed by atoms with van der Waals surface area (Å²) in [5.74, 6) is 1.16. The summed E-state index contributed by atoms with van der Waals surface area (Å²) in [7, 11) is 0. The van der Waals surface area contributed by atoms with Gasteiger partial charge in [0.05, 0.1) is 12.1 Å². The topological polar surface area (TPSA) is 63.1 Å². The van der Waals surface area contributed by atoms with Crippen molar-refractivity contribution < 1.29 is 4.79 Å². The van der Waals surface area contributed by atoms with E-state index >= 15 is 0 Å². The third kappa shape index (κ3) is 3.67. The second-order valence-corrected chi connectivity index (χ2v) is 7.66. The number of nitrogens with one attached hydrogen (secondary N) is 1. The van der Waals surface area contributed by atoms with Crippen molar-refractivity contribution in [3.05, 3.63) is 48.0 Å². The van der Waals surface area contributed by atoms with E-state index in [-0.39, 0.29) is 17.6 Å². The summed E-state index contributed by atoms with van der Waals surface area (Å²) in [5, 5.41) is 7.28. The van der Waals surface area contributed by atoms with Gasteiger partial charge in [-0.25, -0.2) is 14.5 Å². The van der Waals surface area contributed by atoms with Crippen molar-refractivity contribution >= 4 is 6.03 Å². The Labute approximate surface area is 149 Å². The highest BCUT2D eigenvalue weighted by molar-refractivity contribution is 5.75. The second-order valence-electron chi connectivity index (χ2n) is 7.66. The molecule has 2 aromatic rings. The summed E-state index contributed by atoms with van der Waals surface area (Å²) in [6, 6.07) is 10.6. The molecule has 1 fully saturated rings. The summed E-state index contributed by atoms with van der Waals surface area (Å²) in [6.07, 6.45) is 2.54. The minimum atomic E-state index is -0.157. The minimum Gasteiger partial charge on any atom is -0.331 e. The Kier molecular flexibility index (Phi) is 4.79. The number of likely N-dealkylation sites (tertiary alicyclic amines) is 1. The van der Waals surface area contributed by atoms with Gasteiger partial charge in [-0.05, 0) is 39.7 Å². The third-order valence-corrected chi connectivity index (χ3v) is 4.90. The van der Waals surface area contributed by atoms with Gasteiger partial charge in [-0.15, -0.1) is 0 Å². The van der Waals surface area contributed by atoms with E-state index in [0.29, 0.717) is 12.5 Å². The van der Waals surface area contributed by atoms with E-state index in [1.807, 2.05) is 15.6 Å². The first-order valence-electron chi connectivity index (χ1n) is 8.86. The number of amides is 2. The molecule has 1 N–H and O–H groups in total. The van der Waals surface area contributed by atoms with E-state index in [0.717, 1.165) is 18.8 Å². The molecule has 3 rings (SSSR count). The lowest BCUT2D eigenvalue weighted by molar-refractivity contribution is 0.193. The van der Waals surface area contributed by atoms with Crippen LogP contribution in [0.3, 0.4) is 0 Å². The Balaban J connectivity index is 1.62. The minimum absolute atomic E-state index is 0.0330. The zero-order chi connectivity index (χ0) is 18.0. The zero-order valence-corrected chi connectivity index (χ0v) is 15.4. The smallest absolute Gasteiger partial charge is 0.318 e. The number of hydrogen-bond acceptors (Lipinski definition) is 3. The lowest BCUT2D eigenvalue weighted by Gasteiger charge is -2.26. The van der Waals surface area contributed by atoms with Gasteiger partial charge in [0.2, 0.25) is 0 Å². The van der Waals surface area contributed by atoms with Crippen LogP contribution in [0.25, 0.3) is 0 Å². The van der Waals surface area contributed by atoms with E-state index in [1.54, 1.807) is 0 Å². The molecule has 25 heavy (non-hydrogen) atoms. The number of carbonyl (C=O) groups is 1. The molecule has 1 saturated heterocycles. The standard InChI is InChI=1S/C19H27N5O/c1-14-16(15-8-6-5-7-9-15)10-11-23(14)18(25)20-12-17-21-13-22-24(17)19(2,3)4/h5-9,13-14,16H,10-12H2,1-4H3,(H,20,25)/t14-,16+/m1/s1. The average molecular weight is 341 g/mol. The Morgan fingerprint density at radius 1 is 1.28 bits per heavy atom. The van der Waals surface area contributed by atoms with Crippen molar-refractivity contribution in [1.29, 1.82) is 0 Å². The van der Waals surface area contributed by atoms with Gasteiger partial charge >= 0.3 is 6.03 Å². The maximum Gasteiger partial charge on any atom is 0.318 e. The highest BCUT2D eigenvalue weighted by Gasteiger charge is 2.34. The molecule has 2 amide bonds. The van der Waals surface area contributed by atoms with Gasteiger partial charge in [-0.2, -0.15) is 5.10 Å². The maximum absolute atomic E-state index is 12.6. The summed E-state index contributed by atoms with van der Waals surface area (Å²) in [6.45, 7) is 9.50. The van der Waals surface area contributed by atoms with Crippen LogP contribution < -0.4 is 5.32 Å². The van der Waals surface area contributed by atoms with Crippen LogP contribution in [0, 0.1) is 0 Å². The molecule has 0 saturated carbocycles. The molecule has 2 heterocycles. The number of carbonyl (C=O) groups excluding carboxylic acids is 1. The lowest BCUT2D eigenvalue weighted by Crippen LogP contribution is -2.43. The van der Waals surface area contributed by atoms with Crippen LogP contribution in [0.15, 0.2) is 36.7 Å². The van der Waals surface area contributed by atoms with Crippen molar-refractivity contribution in [2.45, 2.75) is 58.2 Å². The van der Waals surface area contributed by atoms with Gasteiger partial charge in [0, 0.05) is 18.5 Å². The van der Waals surface area contributed by atoms with Gasteiger partial charge in [0.1, 0.15) is 12.2 Å². The van der Waals surface area contributed by atoms with Crippen LogP contribution in [0.4, 0.5) is 4.79 Å². The molecule has 1 aromatic carbocycles. The Morgan fingerprint density at radius 2 is 2.00 bits per heavy atom. The molecule has 1 aromatic heterocycles. The number of hydrogen-bond donors (Lipinski definition) is 1. The molecule has 0 spiro atoms. The van der Waals surface area contributed by atoms with Crippen molar-refractivity contribution in [2.24, 2.45) is 0 Å². The Morgan fingerprint density at radius 3 is 2.68 bits per heavy atom. The van der Waals surface area contributed by atoms with Crippen molar-refractivity contribution in [3.8, 4) is 0 Å². The van der Waals surface area contributed by atoms with E-state index in [1.165, 1.54) is 11.9 Å². The molecule has 0 radical (unpaired) electrons. The molecular weight excluding hydrogens is 314 g/mol. The second kappa shape index (κ2) is 6.86. The van der Waals surface area contributed by atoms with E-state index in [4.69, 9.17) is 0 Å². The number of benzene rings is 1. The number of nitrogens with zero attached hydrogens (tertiary/aromatic N) is 4. The fourth-order valence-corrected chi connectivity index (χ4v) is 3.57. The van der Waals surface area contributed by atoms with Crippen LogP contribution in [0.5, 0.6) is 0 Å². The first-order valence-corrected chi connectivity index (χ1v) is 8.86. The SMILES string of the molecule is C[C@@H]1[C@@H](c2ccccc2)CCN1C(=O)NCc1ncnn1C(C)(C)C. The monoisotopic (exact) mass is 341 g/mol. The maximum atomic E-state index is 12.6. The molecule has 0 aliphatic carbocycles. The number of aromatic nitrogens is 3. The van der Waals surface area contributed by atoms with E-state index in [9.17, 15) is 4.79 Å². The molecule has 134 valence electrons. The highest BCUT2D eigenvalue weighted by Crippen LogP contribution is 2.33. The predicted octanol–water partition coefficient (Wildman–Crippen LogP) is 3.12. The Bertz CT molecular complexity index is 719. The molecule has 1 aliphatic heterocycles. The van der Waals surface area contributed by atoms with Crippen molar-refractivity contribution in [3.63, 3.8) is 0 Å². The summed E-state index contributed by atoms with van der Waals surface area (Å²) >= 11 is 0. The molecule has 1 aliphatic rings. The zero-order valence-electron chi connectivity index (χ0n) is 15.4. The molecule has 0 bridgehead atoms. The fraction of sp³-hybridized carbons (Fsp3) is 0.526. The number of rotatable bonds is 3. The average Bonchev–Trinajstić information content (AvgIpc) is 3.19. The summed E-state index contributed by atoms with van der Waals surface area (Å²) < 4.78 is 1.85. The van der Waals surface area contributed by atoms with Crippen LogP contribution in [-0.2, 0) is 12.1 Å². The van der Waals surface area contributed by atoms with E-state index in [2.05, 4.69) is 67.4 Å². The van der Waals surface area contributed by atoms with Crippen molar-refractivity contribution in [1.82, 2.24) is 25.0 Å². The first kappa shape index (κ1) is 17.5. The molecule has 2 atom stereocenters. The molecule has 0 unspecified atom stereocenters. The van der Waals surface area contributed by atoms with E-state index < -0.39 is 0 Å². The van der Waals surface area contributed by atoms with Gasteiger partial charge in [0.25, 0.3) is 0 Å². The fourth-order valence-electron chi connectivity index (χ4n) is 3.57. The van der Waals surface area contributed by atoms with Gasteiger partial charge in [-0.1, -0.05) is 30.3 Å². The first-order chi connectivity index (χ1) is 11.9. The van der Waals surface area contributed by atoms with Crippen molar-refractivity contribution in [2.75, 3.05) is 6.54 Å². The van der Waals surface area contributed by atoms with Crippen LogP contribution in [-0.4, -0.2) is 38.3 Å².